The Morgan fingerprint density at radius 1 is 1.20 bits per heavy atom. The third-order valence-electron chi connectivity index (χ3n) is 2.23. The van der Waals surface area contributed by atoms with Crippen molar-refractivity contribution in [1.29, 1.82) is 0 Å². The lowest BCUT2D eigenvalue weighted by Gasteiger charge is -2.03. The highest BCUT2D eigenvalue weighted by atomic mass is 35.5. The maximum absolute atomic E-state index is 11.5. The van der Waals surface area contributed by atoms with E-state index in [9.17, 15) is 4.79 Å². The SMILES string of the molecule is Cc1ccc(-c2ccc[nH]c2=O)c(Cl)c1. The molecule has 0 aliphatic carbocycles. The summed E-state index contributed by atoms with van der Waals surface area (Å²) in [6.07, 6.45) is 1.61. The molecule has 0 atom stereocenters. The predicted octanol–water partition coefficient (Wildman–Crippen LogP) is 3.00. The molecule has 2 rings (SSSR count). The minimum atomic E-state index is -0.122. The highest BCUT2D eigenvalue weighted by molar-refractivity contribution is 6.33. The van der Waals surface area contributed by atoms with Crippen LogP contribution in [-0.4, -0.2) is 4.98 Å². The van der Waals surface area contributed by atoms with E-state index < -0.39 is 0 Å². The van der Waals surface area contributed by atoms with Crippen LogP contribution in [0.25, 0.3) is 11.1 Å². The van der Waals surface area contributed by atoms with Gasteiger partial charge in [0.2, 0.25) is 0 Å². The molecule has 1 heterocycles. The van der Waals surface area contributed by atoms with Gasteiger partial charge in [-0.15, -0.1) is 0 Å². The molecule has 0 radical (unpaired) electrons. The predicted molar refractivity (Wildman–Crippen MR) is 62.2 cm³/mol. The number of H-pyrrole nitrogens is 1. The van der Waals surface area contributed by atoms with Gasteiger partial charge in [-0.2, -0.15) is 0 Å². The number of hydrogen-bond acceptors (Lipinski definition) is 1. The number of aromatic nitrogens is 1. The molecule has 1 N–H and O–H groups in total. The van der Waals surface area contributed by atoms with Crippen LogP contribution in [0.2, 0.25) is 5.02 Å². The van der Waals surface area contributed by atoms with Gasteiger partial charge in [-0.1, -0.05) is 23.7 Å². The van der Waals surface area contributed by atoms with Crippen LogP contribution in [-0.2, 0) is 0 Å². The van der Waals surface area contributed by atoms with Crippen LogP contribution < -0.4 is 5.56 Å². The Labute approximate surface area is 92.5 Å². The summed E-state index contributed by atoms with van der Waals surface area (Å²) in [5.41, 5.74) is 2.32. The van der Waals surface area contributed by atoms with Crippen LogP contribution >= 0.6 is 11.6 Å². The second-order valence-electron chi connectivity index (χ2n) is 3.40. The average molecular weight is 220 g/mol. The molecule has 0 unspecified atom stereocenters. The normalized spacial score (nSPS) is 10.3. The monoisotopic (exact) mass is 219 g/mol. The van der Waals surface area contributed by atoms with Crippen molar-refractivity contribution >= 4 is 11.6 Å². The molecule has 0 aliphatic heterocycles. The standard InChI is InChI=1S/C12H10ClNO/c1-8-4-5-9(11(13)7-8)10-3-2-6-14-12(10)15/h2-7H,1H3,(H,14,15). The Balaban J connectivity index is 2.65. The van der Waals surface area contributed by atoms with Gasteiger partial charge in [0, 0.05) is 22.3 Å². The molecule has 15 heavy (non-hydrogen) atoms. The zero-order valence-corrected chi connectivity index (χ0v) is 9.01. The summed E-state index contributed by atoms with van der Waals surface area (Å²) >= 11 is 6.08. The van der Waals surface area contributed by atoms with Gasteiger partial charge in [-0.25, -0.2) is 0 Å². The van der Waals surface area contributed by atoms with E-state index in [2.05, 4.69) is 4.98 Å². The highest BCUT2D eigenvalue weighted by Gasteiger charge is 2.06. The molecule has 0 fully saturated rings. The van der Waals surface area contributed by atoms with E-state index in [1.807, 2.05) is 25.1 Å². The van der Waals surface area contributed by atoms with E-state index in [1.54, 1.807) is 18.3 Å². The van der Waals surface area contributed by atoms with Crippen molar-refractivity contribution in [2.24, 2.45) is 0 Å². The van der Waals surface area contributed by atoms with Crippen molar-refractivity contribution in [3.63, 3.8) is 0 Å². The zero-order chi connectivity index (χ0) is 10.8. The summed E-state index contributed by atoms with van der Waals surface area (Å²) in [7, 11) is 0. The molecule has 1 aromatic carbocycles. The second-order valence-corrected chi connectivity index (χ2v) is 3.80. The number of pyridine rings is 1. The van der Waals surface area contributed by atoms with E-state index in [1.165, 1.54) is 0 Å². The van der Waals surface area contributed by atoms with Gasteiger partial charge in [-0.3, -0.25) is 4.79 Å². The lowest BCUT2D eigenvalue weighted by molar-refractivity contribution is 1.24. The van der Waals surface area contributed by atoms with E-state index in [4.69, 9.17) is 11.6 Å². The fourth-order valence-corrected chi connectivity index (χ4v) is 1.81. The van der Waals surface area contributed by atoms with E-state index in [0.717, 1.165) is 11.1 Å². The van der Waals surface area contributed by atoms with Gasteiger partial charge in [0.15, 0.2) is 0 Å². The molecule has 2 nitrogen and oxygen atoms in total. The van der Waals surface area contributed by atoms with Crippen molar-refractivity contribution in [3.8, 4) is 11.1 Å². The first-order valence-electron chi connectivity index (χ1n) is 4.63. The molecule has 2 aromatic rings. The van der Waals surface area contributed by atoms with Crippen LogP contribution in [0, 0.1) is 6.92 Å². The van der Waals surface area contributed by atoms with Gasteiger partial charge in [-0.05, 0) is 30.7 Å². The number of halogens is 1. The summed E-state index contributed by atoms with van der Waals surface area (Å²) in [5, 5.41) is 0.603. The van der Waals surface area contributed by atoms with Crippen LogP contribution in [0.3, 0.4) is 0 Å². The lowest BCUT2D eigenvalue weighted by Crippen LogP contribution is -2.07. The Morgan fingerprint density at radius 2 is 2.00 bits per heavy atom. The van der Waals surface area contributed by atoms with Gasteiger partial charge in [0.25, 0.3) is 5.56 Å². The molecular formula is C12H10ClNO. The molecule has 0 aliphatic rings. The first kappa shape index (κ1) is 9.99. The zero-order valence-electron chi connectivity index (χ0n) is 8.25. The molecule has 0 spiro atoms. The molecule has 0 bridgehead atoms. The maximum atomic E-state index is 11.5. The summed E-state index contributed by atoms with van der Waals surface area (Å²) < 4.78 is 0. The Bertz CT molecular complexity index is 545. The number of aryl methyl sites for hydroxylation is 1. The summed E-state index contributed by atoms with van der Waals surface area (Å²) in [6, 6.07) is 9.20. The Morgan fingerprint density at radius 3 is 2.67 bits per heavy atom. The molecule has 0 saturated carbocycles. The van der Waals surface area contributed by atoms with Crippen molar-refractivity contribution in [2.75, 3.05) is 0 Å². The Kier molecular flexibility index (Phi) is 2.60. The minimum Gasteiger partial charge on any atom is -0.329 e. The molecule has 76 valence electrons. The largest absolute Gasteiger partial charge is 0.329 e. The fourth-order valence-electron chi connectivity index (χ4n) is 1.47. The molecule has 1 aromatic heterocycles. The van der Waals surface area contributed by atoms with Crippen molar-refractivity contribution in [3.05, 3.63) is 57.5 Å². The minimum absolute atomic E-state index is 0.122. The maximum Gasteiger partial charge on any atom is 0.255 e. The van der Waals surface area contributed by atoms with Crippen LogP contribution in [0.4, 0.5) is 0 Å². The van der Waals surface area contributed by atoms with Gasteiger partial charge in [0.05, 0.1) is 0 Å². The average Bonchev–Trinajstić information content (AvgIpc) is 2.20. The smallest absolute Gasteiger partial charge is 0.255 e. The van der Waals surface area contributed by atoms with Crippen molar-refractivity contribution in [1.82, 2.24) is 4.98 Å². The first-order chi connectivity index (χ1) is 7.18. The van der Waals surface area contributed by atoms with Crippen molar-refractivity contribution in [2.45, 2.75) is 6.92 Å². The third kappa shape index (κ3) is 1.95. The number of nitrogens with one attached hydrogen (secondary N) is 1. The van der Waals surface area contributed by atoms with E-state index in [-0.39, 0.29) is 5.56 Å². The topological polar surface area (TPSA) is 32.9 Å². The number of rotatable bonds is 1. The van der Waals surface area contributed by atoms with Gasteiger partial charge < -0.3 is 4.98 Å². The second kappa shape index (κ2) is 3.91. The van der Waals surface area contributed by atoms with Crippen LogP contribution in [0.5, 0.6) is 0 Å². The van der Waals surface area contributed by atoms with Gasteiger partial charge >= 0.3 is 0 Å². The lowest BCUT2D eigenvalue weighted by atomic mass is 10.1. The number of benzene rings is 1. The van der Waals surface area contributed by atoms with Crippen molar-refractivity contribution < 1.29 is 0 Å². The first-order valence-corrected chi connectivity index (χ1v) is 5.00. The summed E-state index contributed by atoms with van der Waals surface area (Å²) in [6.45, 7) is 1.96. The third-order valence-corrected chi connectivity index (χ3v) is 2.55. The summed E-state index contributed by atoms with van der Waals surface area (Å²) in [5.74, 6) is 0. The van der Waals surface area contributed by atoms with E-state index >= 15 is 0 Å². The Hall–Kier alpha value is -1.54. The quantitative estimate of drug-likeness (QED) is 0.786. The molecule has 0 amide bonds. The molecule has 3 heteroatoms. The van der Waals surface area contributed by atoms with E-state index in [0.29, 0.717) is 10.6 Å². The highest BCUT2D eigenvalue weighted by Crippen LogP contribution is 2.25. The molecular weight excluding hydrogens is 210 g/mol. The summed E-state index contributed by atoms with van der Waals surface area (Å²) in [4.78, 5) is 14.2. The van der Waals surface area contributed by atoms with Crippen LogP contribution in [0.1, 0.15) is 5.56 Å². The van der Waals surface area contributed by atoms with Gasteiger partial charge in [0.1, 0.15) is 0 Å². The number of hydrogen-bond donors (Lipinski definition) is 1. The molecule has 0 saturated heterocycles. The number of aromatic amines is 1. The fraction of sp³-hybridized carbons (Fsp3) is 0.0833. The van der Waals surface area contributed by atoms with Crippen LogP contribution in [0.15, 0.2) is 41.3 Å².